The van der Waals surface area contributed by atoms with E-state index < -0.39 is 0 Å². The Morgan fingerprint density at radius 3 is 2.39 bits per heavy atom. The van der Waals surface area contributed by atoms with Crippen LogP contribution in [0, 0.1) is 11.8 Å². The molecule has 106 valence electrons. The average molecular weight is 252 g/mol. The number of likely N-dealkylation sites (N-methyl/N-ethyl adjacent to an activating group) is 1. The van der Waals surface area contributed by atoms with E-state index in [4.69, 9.17) is 0 Å². The highest BCUT2D eigenvalue weighted by molar-refractivity contribution is 4.86. The second-order valence-corrected chi connectivity index (χ2v) is 6.30. The predicted molar refractivity (Wildman–Crippen MR) is 78.9 cm³/mol. The lowest BCUT2D eigenvalue weighted by Gasteiger charge is -2.39. The van der Waals surface area contributed by atoms with E-state index in [1.165, 1.54) is 71.1 Å². The normalized spacial score (nSPS) is 32.5. The van der Waals surface area contributed by atoms with Gasteiger partial charge in [0.1, 0.15) is 0 Å². The zero-order chi connectivity index (χ0) is 12.8. The van der Waals surface area contributed by atoms with Gasteiger partial charge in [-0.3, -0.25) is 0 Å². The van der Waals surface area contributed by atoms with Gasteiger partial charge in [0.05, 0.1) is 0 Å². The largest absolute Gasteiger partial charge is 0.313 e. The Labute approximate surface area is 114 Å². The number of nitrogens with zero attached hydrogens (tertiary/aromatic N) is 1. The summed E-state index contributed by atoms with van der Waals surface area (Å²) in [5.41, 5.74) is 0. The molecule has 3 unspecified atom stereocenters. The molecule has 18 heavy (non-hydrogen) atoms. The third kappa shape index (κ3) is 3.96. The van der Waals surface area contributed by atoms with Gasteiger partial charge in [-0.15, -0.1) is 0 Å². The lowest BCUT2D eigenvalue weighted by molar-refractivity contribution is 0.142. The van der Waals surface area contributed by atoms with E-state index in [9.17, 15) is 0 Å². The molecule has 0 radical (unpaired) electrons. The minimum absolute atomic E-state index is 0.819. The molecule has 2 aliphatic carbocycles. The Morgan fingerprint density at radius 2 is 1.67 bits per heavy atom. The van der Waals surface area contributed by atoms with Crippen molar-refractivity contribution in [1.29, 1.82) is 0 Å². The molecule has 0 spiro atoms. The Kier molecular flexibility index (Phi) is 5.97. The fourth-order valence-corrected chi connectivity index (χ4v) is 4.03. The van der Waals surface area contributed by atoms with E-state index >= 15 is 0 Å². The number of hydrogen-bond acceptors (Lipinski definition) is 2. The number of rotatable bonds is 6. The molecule has 0 aromatic rings. The molecule has 2 heteroatoms. The quantitative estimate of drug-likeness (QED) is 0.780. The van der Waals surface area contributed by atoms with E-state index in [2.05, 4.69) is 24.1 Å². The fourth-order valence-electron chi connectivity index (χ4n) is 4.03. The molecule has 1 N–H and O–H groups in total. The first-order valence-corrected chi connectivity index (χ1v) is 8.29. The van der Waals surface area contributed by atoms with E-state index in [0.717, 1.165) is 17.9 Å². The van der Waals surface area contributed by atoms with Gasteiger partial charge in [0.15, 0.2) is 0 Å². The van der Waals surface area contributed by atoms with Crippen LogP contribution in [-0.4, -0.2) is 37.1 Å². The maximum atomic E-state index is 3.81. The second kappa shape index (κ2) is 7.49. The molecule has 0 aliphatic heterocycles. The van der Waals surface area contributed by atoms with Crippen LogP contribution >= 0.6 is 0 Å². The molecule has 2 saturated carbocycles. The Hall–Kier alpha value is -0.0800. The summed E-state index contributed by atoms with van der Waals surface area (Å²) < 4.78 is 0. The van der Waals surface area contributed by atoms with Crippen molar-refractivity contribution in [3.05, 3.63) is 0 Å². The molecule has 0 bridgehead atoms. The SMILES string of the molecule is CCN(CC)CCNC1CCC2CCCCC2C1. The molecule has 3 atom stereocenters. The van der Waals surface area contributed by atoms with E-state index in [0.29, 0.717) is 0 Å². The lowest BCUT2D eigenvalue weighted by Crippen LogP contribution is -2.42. The minimum atomic E-state index is 0.819. The average Bonchev–Trinajstić information content (AvgIpc) is 2.43. The zero-order valence-corrected chi connectivity index (χ0v) is 12.5. The molecular weight excluding hydrogens is 220 g/mol. The second-order valence-electron chi connectivity index (χ2n) is 6.30. The van der Waals surface area contributed by atoms with Crippen molar-refractivity contribution >= 4 is 0 Å². The molecule has 2 aliphatic rings. The summed E-state index contributed by atoms with van der Waals surface area (Å²) in [7, 11) is 0. The van der Waals surface area contributed by atoms with Crippen molar-refractivity contribution in [3.8, 4) is 0 Å². The Balaban J connectivity index is 1.65. The summed E-state index contributed by atoms with van der Waals surface area (Å²) in [6, 6.07) is 0.819. The number of hydrogen-bond donors (Lipinski definition) is 1. The van der Waals surface area contributed by atoms with Crippen LogP contribution in [0.4, 0.5) is 0 Å². The standard InChI is InChI=1S/C16H32N2/c1-3-18(4-2)12-11-17-16-10-9-14-7-5-6-8-15(14)13-16/h14-17H,3-13H2,1-2H3. The summed E-state index contributed by atoms with van der Waals surface area (Å²) in [6.45, 7) is 9.30. The van der Waals surface area contributed by atoms with Crippen LogP contribution in [0.25, 0.3) is 0 Å². The van der Waals surface area contributed by atoms with Gasteiger partial charge in [-0.25, -0.2) is 0 Å². The maximum absolute atomic E-state index is 3.81. The smallest absolute Gasteiger partial charge is 0.0107 e. The highest BCUT2D eigenvalue weighted by Gasteiger charge is 2.31. The minimum Gasteiger partial charge on any atom is -0.313 e. The van der Waals surface area contributed by atoms with Gasteiger partial charge in [0, 0.05) is 19.1 Å². The highest BCUT2D eigenvalue weighted by Crippen LogP contribution is 2.40. The van der Waals surface area contributed by atoms with Gasteiger partial charge < -0.3 is 10.2 Å². The maximum Gasteiger partial charge on any atom is 0.0107 e. The first kappa shape index (κ1) is 14.3. The Bertz CT molecular complexity index is 225. The van der Waals surface area contributed by atoms with Gasteiger partial charge >= 0.3 is 0 Å². The van der Waals surface area contributed by atoms with Gasteiger partial charge in [-0.1, -0.05) is 39.5 Å². The van der Waals surface area contributed by atoms with Crippen molar-refractivity contribution in [3.63, 3.8) is 0 Å². The highest BCUT2D eigenvalue weighted by atomic mass is 15.1. The molecule has 0 amide bonds. The van der Waals surface area contributed by atoms with Gasteiger partial charge in [0.25, 0.3) is 0 Å². The van der Waals surface area contributed by atoms with Crippen molar-refractivity contribution in [2.45, 2.75) is 64.8 Å². The lowest BCUT2D eigenvalue weighted by atomic mass is 9.69. The van der Waals surface area contributed by atoms with Crippen molar-refractivity contribution in [2.75, 3.05) is 26.2 Å². The monoisotopic (exact) mass is 252 g/mol. The van der Waals surface area contributed by atoms with Crippen LogP contribution in [0.1, 0.15) is 58.8 Å². The van der Waals surface area contributed by atoms with E-state index in [-0.39, 0.29) is 0 Å². The van der Waals surface area contributed by atoms with Crippen LogP contribution in [0.5, 0.6) is 0 Å². The fraction of sp³-hybridized carbons (Fsp3) is 1.00. The van der Waals surface area contributed by atoms with Crippen LogP contribution < -0.4 is 5.32 Å². The van der Waals surface area contributed by atoms with Gasteiger partial charge in [-0.2, -0.15) is 0 Å². The summed E-state index contributed by atoms with van der Waals surface area (Å²) >= 11 is 0. The molecule has 2 nitrogen and oxygen atoms in total. The first-order chi connectivity index (χ1) is 8.83. The molecule has 2 rings (SSSR count). The molecule has 2 fully saturated rings. The molecule has 0 heterocycles. The van der Waals surface area contributed by atoms with Crippen LogP contribution in [0.3, 0.4) is 0 Å². The zero-order valence-electron chi connectivity index (χ0n) is 12.5. The van der Waals surface area contributed by atoms with Crippen molar-refractivity contribution in [2.24, 2.45) is 11.8 Å². The van der Waals surface area contributed by atoms with Crippen molar-refractivity contribution < 1.29 is 0 Å². The van der Waals surface area contributed by atoms with Crippen LogP contribution in [-0.2, 0) is 0 Å². The molecule has 0 aromatic carbocycles. The van der Waals surface area contributed by atoms with E-state index in [1.54, 1.807) is 0 Å². The summed E-state index contributed by atoms with van der Waals surface area (Å²) in [4.78, 5) is 2.51. The Morgan fingerprint density at radius 1 is 0.944 bits per heavy atom. The van der Waals surface area contributed by atoms with E-state index in [1.807, 2.05) is 0 Å². The van der Waals surface area contributed by atoms with Crippen molar-refractivity contribution in [1.82, 2.24) is 10.2 Å². The topological polar surface area (TPSA) is 15.3 Å². The summed E-state index contributed by atoms with van der Waals surface area (Å²) in [5, 5.41) is 3.81. The van der Waals surface area contributed by atoms with Crippen LogP contribution in [0.15, 0.2) is 0 Å². The number of nitrogens with one attached hydrogen (secondary N) is 1. The molecule has 0 aromatic heterocycles. The third-order valence-electron chi connectivity index (χ3n) is 5.30. The van der Waals surface area contributed by atoms with Gasteiger partial charge in [0.2, 0.25) is 0 Å². The number of fused-ring (bicyclic) bond motifs is 1. The first-order valence-electron chi connectivity index (χ1n) is 8.29. The predicted octanol–water partition coefficient (Wildman–Crippen LogP) is 3.28. The molecule has 0 saturated heterocycles. The summed E-state index contributed by atoms with van der Waals surface area (Å²) in [5.74, 6) is 2.14. The molecular formula is C16H32N2. The summed E-state index contributed by atoms with van der Waals surface area (Å²) in [6.07, 6.45) is 10.4. The van der Waals surface area contributed by atoms with Gasteiger partial charge in [-0.05, 0) is 44.2 Å². The van der Waals surface area contributed by atoms with Crippen LogP contribution in [0.2, 0.25) is 0 Å². The third-order valence-corrected chi connectivity index (χ3v) is 5.30.